The molecule has 1 atom stereocenters. The summed E-state index contributed by atoms with van der Waals surface area (Å²) in [6.45, 7) is 2.01. The van der Waals surface area contributed by atoms with Crippen molar-refractivity contribution >= 4 is 47.2 Å². The van der Waals surface area contributed by atoms with Gasteiger partial charge in [0.15, 0.2) is 0 Å². The zero-order valence-electron chi connectivity index (χ0n) is 9.76. The highest BCUT2D eigenvalue weighted by atomic mass is 35.5. The van der Waals surface area contributed by atoms with Crippen molar-refractivity contribution in [1.29, 1.82) is 0 Å². The molecule has 18 heavy (non-hydrogen) atoms. The average molecular weight is 330 g/mol. The zero-order valence-corrected chi connectivity index (χ0v) is 12.8. The Labute approximate surface area is 129 Å². The molecule has 102 valence electrons. The van der Waals surface area contributed by atoms with Crippen molar-refractivity contribution in [2.75, 3.05) is 13.1 Å². The van der Waals surface area contributed by atoms with Gasteiger partial charge in [0.2, 0.25) is 0 Å². The summed E-state index contributed by atoms with van der Waals surface area (Å²) in [6, 6.07) is 3.37. The molecule has 6 heteroatoms. The molecule has 2 nitrogen and oxygen atoms in total. The maximum absolute atomic E-state index is 6.28. The summed E-state index contributed by atoms with van der Waals surface area (Å²) in [5.74, 6) is 0.434. The van der Waals surface area contributed by atoms with E-state index in [1.807, 2.05) is 6.07 Å². The number of nitrogens with two attached hydrogens (primary N) is 1. The van der Waals surface area contributed by atoms with Crippen LogP contribution < -0.4 is 11.1 Å². The van der Waals surface area contributed by atoms with E-state index in [-0.39, 0.29) is 18.4 Å². The van der Waals surface area contributed by atoms with Crippen molar-refractivity contribution in [3.05, 3.63) is 32.8 Å². The SMILES string of the molecule is Cl.N[C@@H](c1cc(Cl)cc(Cl)c1Cl)C1CCNCC1. The lowest BCUT2D eigenvalue weighted by atomic mass is 9.86. The zero-order chi connectivity index (χ0) is 12.4. The molecule has 0 aliphatic carbocycles. The van der Waals surface area contributed by atoms with Gasteiger partial charge in [0.25, 0.3) is 0 Å². The van der Waals surface area contributed by atoms with E-state index < -0.39 is 0 Å². The molecule has 1 saturated heterocycles. The van der Waals surface area contributed by atoms with Crippen LogP contribution in [0, 0.1) is 5.92 Å². The van der Waals surface area contributed by atoms with Crippen molar-refractivity contribution in [2.24, 2.45) is 11.7 Å². The van der Waals surface area contributed by atoms with Gasteiger partial charge in [-0.1, -0.05) is 34.8 Å². The third-order valence-corrected chi connectivity index (χ3v) is 4.31. The van der Waals surface area contributed by atoms with E-state index in [1.165, 1.54) is 0 Å². The Morgan fingerprint density at radius 3 is 2.39 bits per heavy atom. The van der Waals surface area contributed by atoms with Gasteiger partial charge in [-0.05, 0) is 49.5 Å². The minimum absolute atomic E-state index is 0. The Kier molecular flexibility index (Phi) is 6.52. The minimum Gasteiger partial charge on any atom is -0.324 e. The van der Waals surface area contributed by atoms with Gasteiger partial charge in [-0.25, -0.2) is 0 Å². The molecule has 1 aliphatic heterocycles. The third kappa shape index (κ3) is 3.66. The van der Waals surface area contributed by atoms with E-state index in [4.69, 9.17) is 40.5 Å². The quantitative estimate of drug-likeness (QED) is 0.803. The first-order valence-electron chi connectivity index (χ1n) is 5.70. The van der Waals surface area contributed by atoms with Crippen LogP contribution in [-0.4, -0.2) is 13.1 Å². The van der Waals surface area contributed by atoms with Crippen LogP contribution in [0.2, 0.25) is 15.1 Å². The Hall–Kier alpha value is 0.300. The van der Waals surface area contributed by atoms with Crippen LogP contribution in [0.4, 0.5) is 0 Å². The topological polar surface area (TPSA) is 38.0 Å². The Morgan fingerprint density at radius 1 is 1.17 bits per heavy atom. The first-order valence-corrected chi connectivity index (χ1v) is 6.83. The summed E-state index contributed by atoms with van der Waals surface area (Å²) in [7, 11) is 0. The summed E-state index contributed by atoms with van der Waals surface area (Å²) in [5, 5.41) is 4.90. The molecule has 0 saturated carbocycles. The van der Waals surface area contributed by atoms with E-state index in [0.717, 1.165) is 31.5 Å². The van der Waals surface area contributed by atoms with Crippen LogP contribution in [0.3, 0.4) is 0 Å². The lowest BCUT2D eigenvalue weighted by Crippen LogP contribution is -2.33. The van der Waals surface area contributed by atoms with Crippen molar-refractivity contribution in [2.45, 2.75) is 18.9 Å². The monoisotopic (exact) mass is 328 g/mol. The maximum Gasteiger partial charge on any atom is 0.0641 e. The number of hydrogen-bond acceptors (Lipinski definition) is 2. The number of rotatable bonds is 2. The maximum atomic E-state index is 6.28. The molecule has 3 N–H and O–H groups in total. The van der Waals surface area contributed by atoms with Crippen LogP contribution >= 0.6 is 47.2 Å². The van der Waals surface area contributed by atoms with Crippen LogP contribution in [0.25, 0.3) is 0 Å². The molecule has 1 heterocycles. The standard InChI is InChI=1S/C12H15Cl3N2.ClH/c13-8-5-9(11(15)10(14)6-8)12(16)7-1-3-17-4-2-7;/h5-7,12,17H,1-4,16H2;1H/t12-;/m1./s1. The molecule has 0 unspecified atom stereocenters. The van der Waals surface area contributed by atoms with E-state index in [1.54, 1.807) is 6.07 Å². The first kappa shape index (κ1) is 16.4. The lowest BCUT2D eigenvalue weighted by Gasteiger charge is -2.29. The summed E-state index contributed by atoms with van der Waals surface area (Å²) < 4.78 is 0. The van der Waals surface area contributed by atoms with Crippen molar-refractivity contribution < 1.29 is 0 Å². The Morgan fingerprint density at radius 2 is 1.78 bits per heavy atom. The molecular formula is C12H16Cl4N2. The molecule has 0 bridgehead atoms. The molecule has 1 aromatic rings. The highest BCUT2D eigenvalue weighted by Crippen LogP contribution is 2.37. The second kappa shape index (κ2) is 7.18. The van der Waals surface area contributed by atoms with Gasteiger partial charge in [0.05, 0.1) is 10.0 Å². The number of hydrogen-bond donors (Lipinski definition) is 2. The second-order valence-electron chi connectivity index (χ2n) is 4.40. The molecular weight excluding hydrogens is 314 g/mol. The van der Waals surface area contributed by atoms with Crippen LogP contribution in [0.15, 0.2) is 12.1 Å². The summed E-state index contributed by atoms with van der Waals surface area (Å²) in [6.07, 6.45) is 2.11. The lowest BCUT2D eigenvalue weighted by molar-refractivity contribution is 0.322. The normalized spacial score (nSPS) is 18.2. The van der Waals surface area contributed by atoms with Gasteiger partial charge in [-0.3, -0.25) is 0 Å². The molecule has 0 radical (unpaired) electrons. The van der Waals surface area contributed by atoms with Gasteiger partial charge < -0.3 is 11.1 Å². The predicted molar refractivity (Wildman–Crippen MR) is 81.2 cm³/mol. The molecule has 1 aliphatic rings. The number of halogens is 4. The van der Waals surface area contributed by atoms with Crippen LogP contribution in [-0.2, 0) is 0 Å². The highest BCUT2D eigenvalue weighted by Gasteiger charge is 2.24. The smallest absolute Gasteiger partial charge is 0.0641 e. The third-order valence-electron chi connectivity index (χ3n) is 3.27. The molecule has 0 spiro atoms. The van der Waals surface area contributed by atoms with Gasteiger partial charge in [-0.2, -0.15) is 0 Å². The molecule has 0 aromatic heterocycles. The van der Waals surface area contributed by atoms with E-state index in [2.05, 4.69) is 5.32 Å². The first-order chi connectivity index (χ1) is 8.09. The average Bonchev–Trinajstić information content (AvgIpc) is 2.34. The molecule has 0 amide bonds. The molecule has 1 fully saturated rings. The second-order valence-corrected chi connectivity index (χ2v) is 5.63. The predicted octanol–water partition coefficient (Wildman–Crippen LogP) is 4.07. The van der Waals surface area contributed by atoms with Gasteiger partial charge in [0, 0.05) is 11.1 Å². The van der Waals surface area contributed by atoms with E-state index in [9.17, 15) is 0 Å². The van der Waals surface area contributed by atoms with Gasteiger partial charge in [-0.15, -0.1) is 12.4 Å². The van der Waals surface area contributed by atoms with E-state index in [0.29, 0.717) is 21.0 Å². The highest BCUT2D eigenvalue weighted by molar-refractivity contribution is 6.43. The summed E-state index contributed by atoms with van der Waals surface area (Å²) in [5.41, 5.74) is 7.14. The minimum atomic E-state index is -0.0965. The number of piperidine rings is 1. The van der Waals surface area contributed by atoms with Crippen molar-refractivity contribution in [1.82, 2.24) is 5.32 Å². The van der Waals surface area contributed by atoms with E-state index >= 15 is 0 Å². The van der Waals surface area contributed by atoms with Crippen LogP contribution in [0.5, 0.6) is 0 Å². The molecule has 2 rings (SSSR count). The summed E-state index contributed by atoms with van der Waals surface area (Å²) in [4.78, 5) is 0. The fourth-order valence-corrected chi connectivity index (χ4v) is 3.02. The number of benzene rings is 1. The van der Waals surface area contributed by atoms with Crippen molar-refractivity contribution in [3.63, 3.8) is 0 Å². The number of nitrogens with one attached hydrogen (secondary N) is 1. The molecule has 1 aromatic carbocycles. The fraction of sp³-hybridized carbons (Fsp3) is 0.500. The van der Waals surface area contributed by atoms with Crippen molar-refractivity contribution in [3.8, 4) is 0 Å². The summed E-state index contributed by atoms with van der Waals surface area (Å²) >= 11 is 18.2. The fourth-order valence-electron chi connectivity index (χ4n) is 2.28. The Bertz CT molecular complexity index is 405. The van der Waals surface area contributed by atoms with Gasteiger partial charge in [0.1, 0.15) is 0 Å². The van der Waals surface area contributed by atoms with Gasteiger partial charge >= 0.3 is 0 Å². The largest absolute Gasteiger partial charge is 0.324 e. The Balaban J connectivity index is 0.00000162. The van der Waals surface area contributed by atoms with Crippen LogP contribution in [0.1, 0.15) is 24.4 Å².